The first-order valence-electron chi connectivity index (χ1n) is 7.49. The minimum atomic E-state index is -1.44. The van der Waals surface area contributed by atoms with Gasteiger partial charge in [-0.1, -0.05) is 30.3 Å². The average Bonchev–Trinajstić information content (AvgIpc) is 3.13. The zero-order chi connectivity index (χ0) is 17.1. The van der Waals surface area contributed by atoms with Crippen LogP contribution >= 0.6 is 0 Å². The summed E-state index contributed by atoms with van der Waals surface area (Å²) in [6.07, 6.45) is 3.48. The maximum absolute atomic E-state index is 14.2. The number of hydrogen-bond acceptors (Lipinski definition) is 2. The van der Waals surface area contributed by atoms with E-state index in [4.69, 9.17) is 0 Å². The fraction of sp³-hybridized carbons (Fsp3) is 0.167. The molecule has 1 unspecified atom stereocenters. The molecule has 2 N–H and O–H groups in total. The van der Waals surface area contributed by atoms with Crippen molar-refractivity contribution in [1.82, 2.24) is 15.5 Å². The molecular weight excluding hydrogens is 315 g/mol. The van der Waals surface area contributed by atoms with Gasteiger partial charge in [-0.25, -0.2) is 13.2 Å². The van der Waals surface area contributed by atoms with Crippen molar-refractivity contribution >= 4 is 0 Å². The Hall–Kier alpha value is -2.60. The Morgan fingerprint density at radius 3 is 2.38 bits per heavy atom. The fourth-order valence-electron chi connectivity index (χ4n) is 2.74. The van der Waals surface area contributed by atoms with Gasteiger partial charge in [0.15, 0.2) is 17.5 Å². The number of likely N-dealkylation sites (N-methyl/N-ethyl adjacent to an activating group) is 1. The molecule has 1 aromatic heterocycles. The molecule has 0 amide bonds. The van der Waals surface area contributed by atoms with Crippen LogP contribution in [0.15, 0.2) is 48.8 Å². The van der Waals surface area contributed by atoms with Crippen molar-refractivity contribution in [2.24, 2.45) is 0 Å². The van der Waals surface area contributed by atoms with Gasteiger partial charge >= 0.3 is 0 Å². The first-order valence-corrected chi connectivity index (χ1v) is 7.49. The quantitative estimate of drug-likeness (QED) is 0.697. The predicted octanol–water partition coefficient (Wildman–Crippen LogP) is 3.85. The molecular formula is C18H16F3N3. The van der Waals surface area contributed by atoms with Gasteiger partial charge in [0.25, 0.3) is 0 Å². The van der Waals surface area contributed by atoms with Gasteiger partial charge in [0.05, 0.1) is 6.20 Å². The van der Waals surface area contributed by atoms with Gasteiger partial charge < -0.3 is 5.32 Å². The monoisotopic (exact) mass is 331 g/mol. The molecule has 2 aromatic carbocycles. The maximum Gasteiger partial charge on any atom is 0.194 e. The second kappa shape index (κ2) is 6.88. The summed E-state index contributed by atoms with van der Waals surface area (Å²) in [5, 5.41) is 9.62. The first kappa shape index (κ1) is 16.3. The Balaban J connectivity index is 1.98. The van der Waals surface area contributed by atoms with Crippen LogP contribution in [0.3, 0.4) is 0 Å². The van der Waals surface area contributed by atoms with E-state index in [0.717, 1.165) is 22.8 Å². The third-order valence-corrected chi connectivity index (χ3v) is 3.99. The van der Waals surface area contributed by atoms with Gasteiger partial charge in [0.2, 0.25) is 0 Å². The number of benzene rings is 2. The van der Waals surface area contributed by atoms with E-state index in [2.05, 4.69) is 15.5 Å². The van der Waals surface area contributed by atoms with E-state index in [9.17, 15) is 13.2 Å². The highest BCUT2D eigenvalue weighted by molar-refractivity contribution is 5.62. The van der Waals surface area contributed by atoms with Crippen LogP contribution in [0, 0.1) is 17.5 Å². The number of aromatic amines is 1. The van der Waals surface area contributed by atoms with Crippen molar-refractivity contribution in [2.75, 3.05) is 13.6 Å². The summed E-state index contributed by atoms with van der Waals surface area (Å²) < 4.78 is 40.9. The lowest BCUT2D eigenvalue weighted by molar-refractivity contribution is 0.437. The van der Waals surface area contributed by atoms with Gasteiger partial charge in [0.1, 0.15) is 0 Å². The largest absolute Gasteiger partial charge is 0.319 e. The summed E-state index contributed by atoms with van der Waals surface area (Å²) >= 11 is 0. The Labute approximate surface area is 137 Å². The molecule has 3 rings (SSSR count). The molecule has 0 bridgehead atoms. The molecule has 0 aliphatic heterocycles. The van der Waals surface area contributed by atoms with Gasteiger partial charge in [0, 0.05) is 24.2 Å². The van der Waals surface area contributed by atoms with Crippen molar-refractivity contribution < 1.29 is 13.2 Å². The Bertz CT molecular complexity index is 814. The molecule has 1 heterocycles. The average molecular weight is 331 g/mol. The second-order valence-corrected chi connectivity index (χ2v) is 5.48. The summed E-state index contributed by atoms with van der Waals surface area (Å²) in [4.78, 5) is 0. The van der Waals surface area contributed by atoms with E-state index in [1.807, 2.05) is 24.3 Å². The zero-order valence-electron chi connectivity index (χ0n) is 13.0. The lowest BCUT2D eigenvalue weighted by atomic mass is 9.89. The predicted molar refractivity (Wildman–Crippen MR) is 86.1 cm³/mol. The van der Waals surface area contributed by atoms with E-state index in [-0.39, 0.29) is 5.56 Å². The van der Waals surface area contributed by atoms with E-state index < -0.39 is 23.4 Å². The van der Waals surface area contributed by atoms with Crippen LogP contribution in [0.2, 0.25) is 0 Å². The summed E-state index contributed by atoms with van der Waals surface area (Å²) in [5.74, 6) is -4.20. The lowest BCUT2D eigenvalue weighted by Crippen LogP contribution is -2.20. The molecule has 0 saturated carbocycles. The lowest BCUT2D eigenvalue weighted by Gasteiger charge is -2.19. The number of rotatable bonds is 5. The number of aromatic nitrogens is 2. The van der Waals surface area contributed by atoms with Gasteiger partial charge in [-0.3, -0.25) is 5.10 Å². The highest BCUT2D eigenvalue weighted by atomic mass is 19.2. The van der Waals surface area contributed by atoms with Crippen molar-refractivity contribution in [3.8, 4) is 11.1 Å². The van der Waals surface area contributed by atoms with E-state index >= 15 is 0 Å². The molecule has 1 atom stereocenters. The molecule has 0 spiro atoms. The van der Waals surface area contributed by atoms with Gasteiger partial charge in [-0.15, -0.1) is 0 Å². The molecule has 6 heteroatoms. The normalized spacial score (nSPS) is 12.3. The van der Waals surface area contributed by atoms with Crippen molar-refractivity contribution in [1.29, 1.82) is 0 Å². The third kappa shape index (κ3) is 3.05. The van der Waals surface area contributed by atoms with Crippen LogP contribution in [0.25, 0.3) is 11.1 Å². The molecule has 0 fully saturated rings. The smallest absolute Gasteiger partial charge is 0.194 e. The number of nitrogens with one attached hydrogen (secondary N) is 2. The summed E-state index contributed by atoms with van der Waals surface area (Å²) in [7, 11) is 1.73. The zero-order valence-corrected chi connectivity index (χ0v) is 13.0. The van der Waals surface area contributed by atoms with Gasteiger partial charge in [-0.2, -0.15) is 5.10 Å². The van der Waals surface area contributed by atoms with Crippen molar-refractivity contribution in [2.45, 2.75) is 5.92 Å². The molecule has 24 heavy (non-hydrogen) atoms. The maximum atomic E-state index is 14.2. The minimum Gasteiger partial charge on any atom is -0.319 e. The molecule has 0 aliphatic carbocycles. The molecule has 3 nitrogen and oxygen atoms in total. The number of hydrogen-bond donors (Lipinski definition) is 2. The van der Waals surface area contributed by atoms with E-state index in [1.54, 1.807) is 19.4 Å². The number of halogens is 3. The molecule has 0 saturated heterocycles. The van der Waals surface area contributed by atoms with Crippen LogP contribution < -0.4 is 5.32 Å². The van der Waals surface area contributed by atoms with E-state index in [1.165, 1.54) is 6.07 Å². The van der Waals surface area contributed by atoms with Crippen LogP contribution in [-0.2, 0) is 0 Å². The molecule has 124 valence electrons. The Kier molecular flexibility index (Phi) is 4.66. The Morgan fingerprint density at radius 2 is 1.75 bits per heavy atom. The first-order chi connectivity index (χ1) is 11.6. The molecule has 3 aromatic rings. The van der Waals surface area contributed by atoms with Crippen molar-refractivity contribution in [3.05, 3.63) is 77.4 Å². The highest BCUT2D eigenvalue weighted by Gasteiger charge is 2.22. The SMILES string of the molecule is CNCC(c1ccc(-c2cn[nH]c2)cc1)c1ccc(F)c(F)c1F. The molecule has 0 radical (unpaired) electrons. The van der Waals surface area contributed by atoms with Gasteiger partial charge in [-0.05, 0) is 29.8 Å². The fourth-order valence-corrected chi connectivity index (χ4v) is 2.74. The van der Waals surface area contributed by atoms with Crippen LogP contribution in [0.5, 0.6) is 0 Å². The number of H-pyrrole nitrogens is 1. The van der Waals surface area contributed by atoms with Crippen molar-refractivity contribution in [3.63, 3.8) is 0 Å². The summed E-state index contributed by atoms with van der Waals surface area (Å²) in [5.41, 5.74) is 2.83. The summed E-state index contributed by atoms with van der Waals surface area (Å²) in [6, 6.07) is 9.73. The Morgan fingerprint density at radius 1 is 1.00 bits per heavy atom. The standard InChI is InChI=1S/C18H16F3N3/c1-22-10-15(14-6-7-16(19)18(21)17(14)20)12-4-2-11(3-5-12)13-8-23-24-9-13/h2-9,15,22H,10H2,1H3,(H,23,24). The highest BCUT2D eigenvalue weighted by Crippen LogP contribution is 2.30. The van der Waals surface area contributed by atoms with Crippen LogP contribution in [0.4, 0.5) is 13.2 Å². The number of nitrogens with zero attached hydrogens (tertiary/aromatic N) is 1. The topological polar surface area (TPSA) is 40.7 Å². The third-order valence-electron chi connectivity index (χ3n) is 3.99. The van der Waals surface area contributed by atoms with Crippen LogP contribution in [-0.4, -0.2) is 23.8 Å². The summed E-state index contributed by atoms with van der Waals surface area (Å²) in [6.45, 7) is 0.396. The second-order valence-electron chi connectivity index (χ2n) is 5.48. The van der Waals surface area contributed by atoms with E-state index in [0.29, 0.717) is 6.54 Å². The minimum absolute atomic E-state index is 0.124. The molecule has 0 aliphatic rings. The van der Waals surface area contributed by atoms with Crippen LogP contribution in [0.1, 0.15) is 17.0 Å².